The average molecular weight is 262 g/mol. The molecule has 5 nitrogen and oxygen atoms in total. The third-order valence-electron chi connectivity index (χ3n) is 3.40. The van der Waals surface area contributed by atoms with Gasteiger partial charge in [-0.25, -0.2) is 4.39 Å². The molecule has 3 saturated heterocycles. The van der Waals surface area contributed by atoms with E-state index in [-0.39, 0.29) is 0 Å². The fraction of sp³-hybridized carbons (Fsp3) is 1.00. The summed E-state index contributed by atoms with van der Waals surface area (Å²) >= 11 is 0. The Morgan fingerprint density at radius 1 is 0.944 bits per heavy atom. The highest BCUT2D eigenvalue weighted by molar-refractivity contribution is 4.97. The number of alkyl halides is 1. The van der Waals surface area contributed by atoms with Gasteiger partial charge in [0.05, 0.1) is 6.61 Å². The second-order valence-corrected chi connectivity index (χ2v) is 5.88. The maximum Gasteiger partial charge on any atom is 0.190 e. The Kier molecular flexibility index (Phi) is 2.74. The van der Waals surface area contributed by atoms with E-state index in [4.69, 9.17) is 23.7 Å². The molecule has 0 aliphatic carbocycles. The monoisotopic (exact) mass is 262 g/mol. The smallest absolute Gasteiger partial charge is 0.190 e. The van der Waals surface area contributed by atoms with Gasteiger partial charge in [0.25, 0.3) is 0 Å². The standard InChI is InChI=1S/C12H19FO5/c1-11(2)14-5-6(16-11)8-7(13)9-10(15-8)18-12(3,4)17-9/h6-10H,5H2,1-4H3/t6-,7+,8-,9-,10+/m1/s1. The second-order valence-electron chi connectivity index (χ2n) is 5.88. The van der Waals surface area contributed by atoms with Crippen molar-refractivity contribution < 1.29 is 28.1 Å². The molecule has 0 saturated carbocycles. The van der Waals surface area contributed by atoms with Gasteiger partial charge >= 0.3 is 0 Å². The number of halogens is 1. The van der Waals surface area contributed by atoms with Crippen LogP contribution in [0.5, 0.6) is 0 Å². The maximum absolute atomic E-state index is 14.3. The molecule has 104 valence electrons. The minimum absolute atomic E-state index is 0.320. The average Bonchev–Trinajstić information content (AvgIpc) is 2.81. The number of fused-ring (bicyclic) bond motifs is 1. The predicted octanol–water partition coefficient (Wildman–Crippen LogP) is 1.35. The van der Waals surface area contributed by atoms with Gasteiger partial charge in [0, 0.05) is 0 Å². The van der Waals surface area contributed by atoms with Crippen molar-refractivity contribution in [3.8, 4) is 0 Å². The molecule has 3 heterocycles. The summed E-state index contributed by atoms with van der Waals surface area (Å²) in [6.45, 7) is 7.41. The SMILES string of the molecule is CC1(C)O[C@@H]2O[C@H]([C@H]3COC(C)(C)O3)[C@H](F)[C@H]2O1. The van der Waals surface area contributed by atoms with E-state index in [0.29, 0.717) is 6.61 Å². The lowest BCUT2D eigenvalue weighted by atomic mass is 10.1. The van der Waals surface area contributed by atoms with Crippen LogP contribution in [0, 0.1) is 0 Å². The van der Waals surface area contributed by atoms with Crippen LogP contribution >= 0.6 is 0 Å². The van der Waals surface area contributed by atoms with E-state index < -0.39 is 42.3 Å². The van der Waals surface area contributed by atoms with E-state index >= 15 is 0 Å². The van der Waals surface area contributed by atoms with Crippen molar-refractivity contribution in [2.24, 2.45) is 0 Å². The van der Waals surface area contributed by atoms with Crippen LogP contribution in [0.1, 0.15) is 27.7 Å². The van der Waals surface area contributed by atoms with Crippen LogP contribution in [0.2, 0.25) is 0 Å². The summed E-state index contributed by atoms with van der Waals surface area (Å²) in [7, 11) is 0. The first-order chi connectivity index (χ1) is 8.27. The summed E-state index contributed by atoms with van der Waals surface area (Å²) in [4.78, 5) is 0. The molecule has 0 bridgehead atoms. The van der Waals surface area contributed by atoms with E-state index in [0.717, 1.165) is 0 Å². The lowest BCUT2D eigenvalue weighted by molar-refractivity contribution is -0.227. The zero-order valence-corrected chi connectivity index (χ0v) is 11.0. The van der Waals surface area contributed by atoms with E-state index in [1.54, 1.807) is 27.7 Å². The highest BCUT2D eigenvalue weighted by atomic mass is 19.1. The van der Waals surface area contributed by atoms with Gasteiger partial charge in [0.2, 0.25) is 0 Å². The Morgan fingerprint density at radius 3 is 2.22 bits per heavy atom. The van der Waals surface area contributed by atoms with Crippen LogP contribution in [0.15, 0.2) is 0 Å². The number of hydrogen-bond donors (Lipinski definition) is 0. The molecule has 0 radical (unpaired) electrons. The molecule has 3 aliphatic rings. The van der Waals surface area contributed by atoms with Crippen LogP contribution < -0.4 is 0 Å². The largest absolute Gasteiger partial charge is 0.348 e. The topological polar surface area (TPSA) is 46.2 Å². The Bertz CT molecular complexity index is 345. The molecule has 3 aliphatic heterocycles. The highest BCUT2D eigenvalue weighted by Crippen LogP contribution is 2.41. The first-order valence-electron chi connectivity index (χ1n) is 6.24. The lowest BCUT2D eigenvalue weighted by Crippen LogP contribution is -2.40. The Balaban J connectivity index is 1.68. The molecular weight excluding hydrogens is 243 g/mol. The Labute approximate surface area is 105 Å². The first kappa shape index (κ1) is 12.7. The van der Waals surface area contributed by atoms with Gasteiger partial charge in [-0.3, -0.25) is 0 Å². The van der Waals surface area contributed by atoms with Crippen LogP contribution in [-0.4, -0.2) is 49.0 Å². The molecule has 18 heavy (non-hydrogen) atoms. The minimum Gasteiger partial charge on any atom is -0.348 e. The molecule has 0 spiro atoms. The number of rotatable bonds is 1. The summed E-state index contributed by atoms with van der Waals surface area (Å²) < 4.78 is 42.0. The van der Waals surface area contributed by atoms with Crippen molar-refractivity contribution >= 4 is 0 Å². The fourth-order valence-corrected chi connectivity index (χ4v) is 2.67. The molecule has 0 amide bonds. The molecular formula is C12H19FO5. The van der Waals surface area contributed by atoms with Crippen LogP contribution in [0.4, 0.5) is 4.39 Å². The normalized spacial score (nSPS) is 49.5. The van der Waals surface area contributed by atoms with Crippen molar-refractivity contribution in [3.05, 3.63) is 0 Å². The predicted molar refractivity (Wildman–Crippen MR) is 58.5 cm³/mol. The quantitative estimate of drug-likeness (QED) is 0.714. The van der Waals surface area contributed by atoms with Crippen LogP contribution in [0.25, 0.3) is 0 Å². The Morgan fingerprint density at radius 2 is 1.67 bits per heavy atom. The van der Waals surface area contributed by atoms with Crippen molar-refractivity contribution in [1.82, 2.24) is 0 Å². The summed E-state index contributed by atoms with van der Waals surface area (Å²) in [5.74, 6) is -1.48. The van der Waals surface area contributed by atoms with Gasteiger partial charge in [-0.1, -0.05) is 0 Å². The fourth-order valence-electron chi connectivity index (χ4n) is 2.67. The molecule has 3 rings (SSSR count). The summed E-state index contributed by atoms with van der Waals surface area (Å²) in [6, 6.07) is 0. The Hall–Kier alpha value is -0.270. The molecule has 0 aromatic heterocycles. The molecule has 0 aromatic carbocycles. The van der Waals surface area contributed by atoms with Gasteiger partial charge < -0.3 is 23.7 Å². The van der Waals surface area contributed by atoms with E-state index in [1.807, 2.05) is 0 Å². The third kappa shape index (κ3) is 2.06. The van der Waals surface area contributed by atoms with Gasteiger partial charge in [-0.15, -0.1) is 0 Å². The second kappa shape index (κ2) is 3.86. The highest BCUT2D eigenvalue weighted by Gasteiger charge is 2.58. The van der Waals surface area contributed by atoms with Crippen LogP contribution in [-0.2, 0) is 23.7 Å². The van der Waals surface area contributed by atoms with Crippen molar-refractivity contribution in [3.63, 3.8) is 0 Å². The molecule has 0 N–H and O–H groups in total. The summed E-state index contributed by atoms with van der Waals surface area (Å²) in [5.41, 5.74) is 0. The summed E-state index contributed by atoms with van der Waals surface area (Å²) in [5, 5.41) is 0. The number of ether oxygens (including phenoxy) is 5. The van der Waals surface area contributed by atoms with Gasteiger partial charge in [-0.05, 0) is 27.7 Å². The minimum atomic E-state index is -1.26. The lowest BCUT2D eigenvalue weighted by Gasteiger charge is -2.25. The van der Waals surface area contributed by atoms with Crippen molar-refractivity contribution in [1.29, 1.82) is 0 Å². The number of hydrogen-bond acceptors (Lipinski definition) is 5. The summed E-state index contributed by atoms with van der Waals surface area (Å²) in [6.07, 6.45) is -3.72. The molecule has 0 unspecified atom stereocenters. The third-order valence-corrected chi connectivity index (χ3v) is 3.40. The van der Waals surface area contributed by atoms with Crippen molar-refractivity contribution in [2.45, 2.75) is 70.0 Å². The maximum atomic E-state index is 14.3. The molecule has 5 atom stereocenters. The van der Waals surface area contributed by atoms with Gasteiger partial charge in [0.1, 0.15) is 18.3 Å². The van der Waals surface area contributed by atoms with E-state index in [2.05, 4.69) is 0 Å². The zero-order chi connectivity index (χ0) is 13.1. The molecule has 0 aromatic rings. The van der Waals surface area contributed by atoms with Crippen LogP contribution in [0.3, 0.4) is 0 Å². The van der Waals surface area contributed by atoms with Crippen molar-refractivity contribution in [2.75, 3.05) is 6.61 Å². The van der Waals surface area contributed by atoms with Gasteiger partial charge in [-0.2, -0.15) is 0 Å². The zero-order valence-electron chi connectivity index (χ0n) is 11.0. The van der Waals surface area contributed by atoms with Gasteiger partial charge in [0.15, 0.2) is 24.0 Å². The first-order valence-corrected chi connectivity index (χ1v) is 6.24. The van der Waals surface area contributed by atoms with E-state index in [9.17, 15) is 4.39 Å². The molecule has 6 heteroatoms. The van der Waals surface area contributed by atoms with E-state index in [1.165, 1.54) is 0 Å². The molecule has 3 fully saturated rings.